The van der Waals surface area contributed by atoms with Gasteiger partial charge in [0.15, 0.2) is 0 Å². The van der Waals surface area contributed by atoms with Crippen LogP contribution in [0.1, 0.15) is 32.6 Å². The summed E-state index contributed by atoms with van der Waals surface area (Å²) in [5.74, 6) is 0. The van der Waals surface area contributed by atoms with E-state index in [2.05, 4.69) is 17.3 Å². The van der Waals surface area contributed by atoms with Crippen molar-refractivity contribution >= 4 is 0 Å². The standard InChI is InChI=1S/C11H24N2O/c1-10(14)6-8-13(2)9-11-5-3-4-7-12-11/h10-12,14H,3-9H2,1-2H3. The number of piperidine rings is 1. The third-order valence-electron chi connectivity index (χ3n) is 2.87. The predicted octanol–water partition coefficient (Wildman–Crippen LogP) is 0.831. The molecule has 1 fully saturated rings. The lowest BCUT2D eigenvalue weighted by molar-refractivity contribution is 0.158. The number of rotatable bonds is 5. The highest BCUT2D eigenvalue weighted by Crippen LogP contribution is 2.08. The summed E-state index contributed by atoms with van der Waals surface area (Å²) in [5, 5.41) is 12.7. The molecule has 0 spiro atoms. The van der Waals surface area contributed by atoms with Gasteiger partial charge >= 0.3 is 0 Å². The first-order valence-electron chi connectivity index (χ1n) is 5.78. The maximum atomic E-state index is 9.16. The minimum atomic E-state index is -0.170. The summed E-state index contributed by atoms with van der Waals surface area (Å²) in [4.78, 5) is 2.32. The molecule has 1 saturated heterocycles. The average Bonchev–Trinajstić information content (AvgIpc) is 2.16. The summed E-state index contributed by atoms with van der Waals surface area (Å²) >= 11 is 0. The van der Waals surface area contributed by atoms with E-state index in [0.29, 0.717) is 6.04 Å². The Kier molecular flexibility index (Phi) is 5.45. The SMILES string of the molecule is CC(O)CCN(C)CC1CCCCN1. The third-order valence-corrected chi connectivity index (χ3v) is 2.87. The number of aliphatic hydroxyl groups excluding tert-OH is 1. The maximum Gasteiger partial charge on any atom is 0.0524 e. The van der Waals surface area contributed by atoms with Gasteiger partial charge < -0.3 is 15.3 Å². The van der Waals surface area contributed by atoms with Gasteiger partial charge in [-0.05, 0) is 39.8 Å². The fourth-order valence-electron chi connectivity index (χ4n) is 1.95. The van der Waals surface area contributed by atoms with Crippen molar-refractivity contribution in [1.82, 2.24) is 10.2 Å². The molecule has 2 unspecified atom stereocenters. The Balaban J connectivity index is 2.09. The molecule has 0 aliphatic carbocycles. The molecule has 1 aliphatic rings. The molecule has 0 saturated carbocycles. The van der Waals surface area contributed by atoms with Crippen LogP contribution in [0.25, 0.3) is 0 Å². The van der Waals surface area contributed by atoms with Crippen LogP contribution in [-0.4, -0.2) is 48.8 Å². The van der Waals surface area contributed by atoms with Crippen LogP contribution < -0.4 is 5.32 Å². The van der Waals surface area contributed by atoms with E-state index < -0.39 is 0 Å². The second-order valence-electron chi connectivity index (χ2n) is 4.55. The molecule has 0 bridgehead atoms. The van der Waals surface area contributed by atoms with Crippen LogP contribution in [0.5, 0.6) is 0 Å². The Morgan fingerprint density at radius 1 is 1.50 bits per heavy atom. The van der Waals surface area contributed by atoms with Crippen LogP contribution in [0.3, 0.4) is 0 Å². The first kappa shape index (κ1) is 12.0. The van der Waals surface area contributed by atoms with Crippen molar-refractivity contribution in [3.8, 4) is 0 Å². The summed E-state index contributed by atoms with van der Waals surface area (Å²) in [7, 11) is 2.14. The molecular formula is C11H24N2O. The molecule has 1 rings (SSSR count). The van der Waals surface area contributed by atoms with Crippen LogP contribution in [-0.2, 0) is 0 Å². The lowest BCUT2D eigenvalue weighted by atomic mass is 10.0. The second-order valence-corrected chi connectivity index (χ2v) is 4.55. The van der Waals surface area contributed by atoms with Crippen molar-refractivity contribution < 1.29 is 5.11 Å². The Bertz CT molecular complexity index is 144. The van der Waals surface area contributed by atoms with Crippen molar-refractivity contribution in [3.63, 3.8) is 0 Å². The van der Waals surface area contributed by atoms with E-state index in [-0.39, 0.29) is 6.10 Å². The van der Waals surface area contributed by atoms with Gasteiger partial charge in [-0.3, -0.25) is 0 Å². The molecule has 3 nitrogen and oxygen atoms in total. The van der Waals surface area contributed by atoms with Gasteiger partial charge in [-0.1, -0.05) is 6.42 Å². The highest BCUT2D eigenvalue weighted by molar-refractivity contribution is 4.75. The van der Waals surface area contributed by atoms with Crippen LogP contribution >= 0.6 is 0 Å². The van der Waals surface area contributed by atoms with Gasteiger partial charge in [0.1, 0.15) is 0 Å². The molecule has 0 aromatic heterocycles. The number of hydrogen-bond donors (Lipinski definition) is 2. The van der Waals surface area contributed by atoms with Gasteiger partial charge in [0, 0.05) is 19.1 Å². The Morgan fingerprint density at radius 2 is 2.29 bits per heavy atom. The van der Waals surface area contributed by atoms with Gasteiger partial charge in [-0.15, -0.1) is 0 Å². The fourth-order valence-corrected chi connectivity index (χ4v) is 1.95. The molecule has 1 aliphatic heterocycles. The van der Waals surface area contributed by atoms with Gasteiger partial charge in [0.2, 0.25) is 0 Å². The first-order chi connectivity index (χ1) is 6.68. The number of hydrogen-bond acceptors (Lipinski definition) is 3. The lowest BCUT2D eigenvalue weighted by Crippen LogP contribution is -2.42. The number of nitrogens with zero attached hydrogens (tertiary/aromatic N) is 1. The van der Waals surface area contributed by atoms with Crippen LogP contribution in [0.2, 0.25) is 0 Å². The maximum absolute atomic E-state index is 9.16. The largest absolute Gasteiger partial charge is 0.393 e. The zero-order chi connectivity index (χ0) is 10.4. The zero-order valence-electron chi connectivity index (χ0n) is 9.50. The van der Waals surface area contributed by atoms with Gasteiger partial charge in [0.25, 0.3) is 0 Å². The molecule has 14 heavy (non-hydrogen) atoms. The fraction of sp³-hybridized carbons (Fsp3) is 1.00. The normalized spacial score (nSPS) is 25.3. The van der Waals surface area contributed by atoms with E-state index in [9.17, 15) is 0 Å². The molecule has 2 atom stereocenters. The molecule has 0 radical (unpaired) electrons. The number of aliphatic hydroxyl groups is 1. The van der Waals surface area contributed by atoms with Crippen molar-refractivity contribution in [2.75, 3.05) is 26.7 Å². The lowest BCUT2D eigenvalue weighted by Gasteiger charge is -2.28. The van der Waals surface area contributed by atoms with Gasteiger partial charge in [-0.2, -0.15) is 0 Å². The first-order valence-corrected chi connectivity index (χ1v) is 5.78. The van der Waals surface area contributed by atoms with Gasteiger partial charge in [0.05, 0.1) is 6.10 Å². The van der Waals surface area contributed by atoms with Gasteiger partial charge in [-0.25, -0.2) is 0 Å². The van der Waals surface area contributed by atoms with Crippen molar-refractivity contribution in [3.05, 3.63) is 0 Å². The van der Waals surface area contributed by atoms with E-state index in [1.165, 1.54) is 25.8 Å². The van der Waals surface area contributed by atoms with E-state index >= 15 is 0 Å². The monoisotopic (exact) mass is 200 g/mol. The molecule has 84 valence electrons. The second kappa shape index (κ2) is 6.38. The summed E-state index contributed by atoms with van der Waals surface area (Å²) in [6.45, 7) is 5.14. The molecule has 0 amide bonds. The summed E-state index contributed by atoms with van der Waals surface area (Å²) in [6, 6.07) is 0.669. The summed E-state index contributed by atoms with van der Waals surface area (Å²) in [6.07, 6.45) is 4.70. The Labute approximate surface area is 87.5 Å². The van der Waals surface area contributed by atoms with E-state index in [4.69, 9.17) is 5.11 Å². The van der Waals surface area contributed by atoms with Crippen molar-refractivity contribution in [2.24, 2.45) is 0 Å². The quantitative estimate of drug-likeness (QED) is 0.690. The number of nitrogens with one attached hydrogen (secondary N) is 1. The molecule has 2 N–H and O–H groups in total. The van der Waals surface area contributed by atoms with Crippen LogP contribution in [0, 0.1) is 0 Å². The van der Waals surface area contributed by atoms with Crippen LogP contribution in [0.4, 0.5) is 0 Å². The average molecular weight is 200 g/mol. The highest BCUT2D eigenvalue weighted by Gasteiger charge is 2.14. The zero-order valence-corrected chi connectivity index (χ0v) is 9.50. The third kappa shape index (κ3) is 4.94. The van der Waals surface area contributed by atoms with E-state index in [1.807, 2.05) is 6.92 Å². The summed E-state index contributed by atoms with van der Waals surface area (Å²) < 4.78 is 0. The summed E-state index contributed by atoms with van der Waals surface area (Å²) in [5.41, 5.74) is 0. The van der Waals surface area contributed by atoms with E-state index in [1.54, 1.807) is 0 Å². The Morgan fingerprint density at radius 3 is 2.86 bits per heavy atom. The van der Waals surface area contributed by atoms with Crippen LogP contribution in [0.15, 0.2) is 0 Å². The van der Waals surface area contributed by atoms with E-state index in [0.717, 1.165) is 19.5 Å². The predicted molar refractivity (Wildman–Crippen MR) is 59.4 cm³/mol. The van der Waals surface area contributed by atoms with Crippen molar-refractivity contribution in [2.45, 2.75) is 44.8 Å². The molecule has 0 aromatic rings. The molecule has 3 heteroatoms. The smallest absolute Gasteiger partial charge is 0.0524 e. The minimum Gasteiger partial charge on any atom is -0.393 e. The molecule has 0 aromatic carbocycles. The van der Waals surface area contributed by atoms with Crippen molar-refractivity contribution in [1.29, 1.82) is 0 Å². The molecule has 1 heterocycles. The number of likely N-dealkylation sites (N-methyl/N-ethyl adjacent to an activating group) is 1. The topological polar surface area (TPSA) is 35.5 Å². The molecular weight excluding hydrogens is 176 g/mol. The minimum absolute atomic E-state index is 0.170. The highest BCUT2D eigenvalue weighted by atomic mass is 16.3. The Hall–Kier alpha value is -0.120.